The van der Waals surface area contributed by atoms with Crippen LogP contribution < -0.4 is 5.32 Å². The third-order valence-corrected chi connectivity index (χ3v) is 3.55. The summed E-state index contributed by atoms with van der Waals surface area (Å²) in [6.07, 6.45) is -0.591. The Balaban J connectivity index is 1.83. The van der Waals surface area contributed by atoms with Crippen molar-refractivity contribution in [2.24, 2.45) is 0 Å². The van der Waals surface area contributed by atoms with Crippen LogP contribution in [-0.4, -0.2) is 24.7 Å². The summed E-state index contributed by atoms with van der Waals surface area (Å²) in [4.78, 5) is 11.3. The van der Waals surface area contributed by atoms with Crippen molar-refractivity contribution >= 4 is 17.6 Å². The monoisotopic (exact) mass is 319 g/mol. The minimum absolute atomic E-state index is 0.349. The highest BCUT2D eigenvalue weighted by Gasteiger charge is 2.07. The topological polar surface area (TPSA) is 58.6 Å². The quantitative estimate of drug-likeness (QED) is 0.804. The third kappa shape index (κ3) is 4.56. The number of esters is 1. The second-order valence-corrected chi connectivity index (χ2v) is 5.32. The fraction of sp³-hybridized carbons (Fsp3) is 0.235. The molecule has 0 radical (unpaired) electrons. The van der Waals surface area contributed by atoms with Gasteiger partial charge in [0.1, 0.15) is 0 Å². The van der Waals surface area contributed by atoms with Crippen LogP contribution in [0.1, 0.15) is 27.6 Å². The van der Waals surface area contributed by atoms with E-state index >= 15 is 0 Å². The first-order valence-electron chi connectivity index (χ1n) is 6.91. The van der Waals surface area contributed by atoms with Crippen molar-refractivity contribution in [1.82, 2.24) is 5.32 Å². The Labute approximate surface area is 134 Å². The van der Waals surface area contributed by atoms with Crippen molar-refractivity contribution in [3.8, 4) is 0 Å². The molecule has 116 valence electrons. The molecule has 0 aliphatic carbocycles. The van der Waals surface area contributed by atoms with E-state index < -0.39 is 6.10 Å². The number of hydrogen-bond donors (Lipinski definition) is 2. The second kappa shape index (κ2) is 7.94. The maximum Gasteiger partial charge on any atom is 0.337 e. The van der Waals surface area contributed by atoms with Crippen LogP contribution in [0.3, 0.4) is 0 Å². The lowest BCUT2D eigenvalue weighted by Crippen LogP contribution is -2.21. The summed E-state index contributed by atoms with van der Waals surface area (Å²) >= 11 is 5.82. The van der Waals surface area contributed by atoms with Crippen LogP contribution in [0, 0.1) is 0 Å². The fourth-order valence-electron chi connectivity index (χ4n) is 2.03. The van der Waals surface area contributed by atoms with Gasteiger partial charge in [-0.25, -0.2) is 4.79 Å². The van der Waals surface area contributed by atoms with Gasteiger partial charge in [-0.1, -0.05) is 35.9 Å². The van der Waals surface area contributed by atoms with E-state index in [0.717, 1.165) is 11.1 Å². The molecule has 2 rings (SSSR count). The molecular formula is C17H18ClNO3. The van der Waals surface area contributed by atoms with E-state index in [1.165, 1.54) is 7.11 Å². The minimum Gasteiger partial charge on any atom is -0.465 e. The molecule has 0 amide bonds. The Morgan fingerprint density at radius 2 is 1.82 bits per heavy atom. The zero-order chi connectivity index (χ0) is 15.9. The van der Waals surface area contributed by atoms with E-state index in [9.17, 15) is 9.90 Å². The molecule has 0 bridgehead atoms. The molecule has 0 saturated carbocycles. The Bertz CT molecular complexity index is 611. The Morgan fingerprint density at radius 3 is 2.41 bits per heavy atom. The number of benzene rings is 2. The van der Waals surface area contributed by atoms with E-state index in [1.54, 1.807) is 36.4 Å². The van der Waals surface area contributed by atoms with Crippen LogP contribution in [-0.2, 0) is 11.3 Å². The third-order valence-electron chi connectivity index (χ3n) is 3.30. The van der Waals surface area contributed by atoms with E-state index in [4.69, 9.17) is 11.6 Å². The van der Waals surface area contributed by atoms with Crippen LogP contribution in [0.5, 0.6) is 0 Å². The molecule has 0 aliphatic rings. The molecule has 4 nitrogen and oxygen atoms in total. The van der Waals surface area contributed by atoms with E-state index in [2.05, 4.69) is 10.1 Å². The lowest BCUT2D eigenvalue weighted by atomic mass is 10.1. The van der Waals surface area contributed by atoms with E-state index in [1.807, 2.05) is 12.1 Å². The van der Waals surface area contributed by atoms with Gasteiger partial charge in [0.05, 0.1) is 18.8 Å². The molecule has 1 unspecified atom stereocenters. The molecule has 0 saturated heterocycles. The minimum atomic E-state index is -0.591. The van der Waals surface area contributed by atoms with Crippen molar-refractivity contribution < 1.29 is 14.6 Å². The number of carbonyl (C=O) groups excluding carboxylic acids is 1. The number of hydrogen-bond acceptors (Lipinski definition) is 4. The number of carbonyl (C=O) groups is 1. The molecule has 22 heavy (non-hydrogen) atoms. The molecule has 0 spiro atoms. The lowest BCUT2D eigenvalue weighted by Gasteiger charge is -2.12. The van der Waals surface area contributed by atoms with Crippen molar-refractivity contribution in [3.63, 3.8) is 0 Å². The van der Waals surface area contributed by atoms with Gasteiger partial charge in [-0.2, -0.15) is 0 Å². The van der Waals surface area contributed by atoms with Gasteiger partial charge in [0.15, 0.2) is 0 Å². The Morgan fingerprint density at radius 1 is 1.18 bits per heavy atom. The van der Waals surface area contributed by atoms with Gasteiger partial charge in [-0.05, 0) is 35.4 Å². The maximum atomic E-state index is 11.3. The lowest BCUT2D eigenvalue weighted by molar-refractivity contribution is 0.0600. The smallest absolute Gasteiger partial charge is 0.337 e. The highest BCUT2D eigenvalue weighted by atomic mass is 35.5. The molecule has 0 fully saturated rings. The largest absolute Gasteiger partial charge is 0.465 e. The highest BCUT2D eigenvalue weighted by Crippen LogP contribution is 2.16. The fourth-order valence-corrected chi connectivity index (χ4v) is 2.16. The van der Waals surface area contributed by atoms with Crippen molar-refractivity contribution in [2.45, 2.75) is 12.6 Å². The van der Waals surface area contributed by atoms with Crippen LogP contribution in [0.15, 0.2) is 48.5 Å². The summed E-state index contributed by atoms with van der Waals surface area (Å²) in [5, 5.41) is 13.9. The maximum absolute atomic E-state index is 11.3. The van der Waals surface area contributed by atoms with Crippen molar-refractivity contribution in [3.05, 3.63) is 70.2 Å². The standard InChI is InChI=1S/C17H18ClNO3/c1-22-17(21)14-4-2-12(3-5-14)10-19-11-16(20)13-6-8-15(18)9-7-13/h2-9,16,19-20H,10-11H2,1H3. The average Bonchev–Trinajstić information content (AvgIpc) is 2.55. The van der Waals surface area contributed by atoms with E-state index in [0.29, 0.717) is 23.7 Å². The second-order valence-electron chi connectivity index (χ2n) is 4.89. The first-order chi connectivity index (χ1) is 10.6. The molecule has 5 heteroatoms. The van der Waals surface area contributed by atoms with Gasteiger partial charge < -0.3 is 15.2 Å². The van der Waals surface area contributed by atoms with Crippen molar-refractivity contribution in [2.75, 3.05) is 13.7 Å². The molecule has 1 atom stereocenters. The summed E-state index contributed by atoms with van der Waals surface area (Å²) in [7, 11) is 1.36. The number of aliphatic hydroxyl groups excluding tert-OH is 1. The number of nitrogens with one attached hydrogen (secondary N) is 1. The summed E-state index contributed by atoms with van der Waals surface area (Å²) in [6.45, 7) is 1.03. The van der Waals surface area contributed by atoms with Gasteiger partial charge in [0.2, 0.25) is 0 Å². The predicted molar refractivity (Wildman–Crippen MR) is 85.9 cm³/mol. The van der Waals surface area contributed by atoms with Gasteiger partial charge in [0.25, 0.3) is 0 Å². The van der Waals surface area contributed by atoms with Crippen LogP contribution in [0.2, 0.25) is 5.02 Å². The van der Waals surface area contributed by atoms with Gasteiger partial charge in [-0.15, -0.1) is 0 Å². The average molecular weight is 320 g/mol. The summed E-state index contributed by atoms with van der Waals surface area (Å²) in [5.41, 5.74) is 2.36. The summed E-state index contributed by atoms with van der Waals surface area (Å²) in [6, 6.07) is 14.3. The molecule has 0 aromatic heterocycles. The normalized spacial score (nSPS) is 12.0. The molecule has 2 aromatic rings. The zero-order valence-corrected chi connectivity index (χ0v) is 13.0. The van der Waals surface area contributed by atoms with Gasteiger partial charge in [0, 0.05) is 18.1 Å². The van der Waals surface area contributed by atoms with E-state index in [-0.39, 0.29) is 5.97 Å². The molecular weight excluding hydrogens is 302 g/mol. The van der Waals surface area contributed by atoms with Crippen LogP contribution in [0.25, 0.3) is 0 Å². The Kier molecular flexibility index (Phi) is 5.95. The summed E-state index contributed by atoms with van der Waals surface area (Å²) < 4.78 is 4.65. The number of ether oxygens (including phenoxy) is 1. The molecule has 2 N–H and O–H groups in total. The number of rotatable bonds is 6. The van der Waals surface area contributed by atoms with Gasteiger partial charge >= 0.3 is 5.97 Å². The van der Waals surface area contributed by atoms with Crippen molar-refractivity contribution in [1.29, 1.82) is 0 Å². The first-order valence-corrected chi connectivity index (χ1v) is 7.29. The van der Waals surface area contributed by atoms with Crippen LogP contribution in [0.4, 0.5) is 0 Å². The SMILES string of the molecule is COC(=O)c1ccc(CNCC(O)c2ccc(Cl)cc2)cc1. The highest BCUT2D eigenvalue weighted by molar-refractivity contribution is 6.30. The molecule has 0 heterocycles. The Hall–Kier alpha value is -1.88. The summed E-state index contributed by atoms with van der Waals surface area (Å²) in [5.74, 6) is -0.349. The van der Waals surface area contributed by atoms with Crippen LogP contribution >= 0.6 is 11.6 Å². The number of aliphatic hydroxyl groups is 1. The number of halogens is 1. The number of methoxy groups -OCH3 is 1. The molecule has 2 aromatic carbocycles. The first kappa shape index (κ1) is 16.5. The zero-order valence-electron chi connectivity index (χ0n) is 12.3. The van der Waals surface area contributed by atoms with Gasteiger partial charge in [-0.3, -0.25) is 0 Å². The predicted octanol–water partition coefficient (Wildman–Crippen LogP) is 2.95. The molecule has 0 aliphatic heterocycles.